The number of rotatable bonds is 3. The maximum absolute atomic E-state index is 2.42. The van der Waals surface area contributed by atoms with E-state index in [2.05, 4.69) is 62.3 Å². The van der Waals surface area contributed by atoms with E-state index in [4.69, 9.17) is 0 Å². The summed E-state index contributed by atoms with van der Waals surface area (Å²) in [6.07, 6.45) is 0. The Morgan fingerprint density at radius 3 is 1.14 bits per heavy atom. The first-order valence-corrected chi connectivity index (χ1v) is 6.01. The Hall–Kier alpha value is 0. The highest BCUT2D eigenvalue weighted by Crippen LogP contribution is 2.48. The molecule has 0 aromatic heterocycles. The Bertz CT molecular complexity index is 167. The Morgan fingerprint density at radius 2 is 1.07 bits per heavy atom. The van der Waals surface area contributed by atoms with Gasteiger partial charge in [0.1, 0.15) is 0 Å². The van der Waals surface area contributed by atoms with Crippen LogP contribution in [0.1, 0.15) is 62.3 Å². The summed E-state index contributed by atoms with van der Waals surface area (Å²) in [4.78, 5) is 0. The van der Waals surface area contributed by atoms with Crippen molar-refractivity contribution in [1.82, 2.24) is 0 Å². The van der Waals surface area contributed by atoms with Gasteiger partial charge in [-0.2, -0.15) is 0 Å². The molecule has 0 aromatic rings. The lowest BCUT2D eigenvalue weighted by atomic mass is 9.57. The van der Waals surface area contributed by atoms with Gasteiger partial charge in [0.25, 0.3) is 0 Å². The van der Waals surface area contributed by atoms with E-state index in [1.54, 1.807) is 0 Å². The Balaban J connectivity index is 5.03. The van der Waals surface area contributed by atoms with E-state index in [1.807, 2.05) is 0 Å². The third-order valence-electron chi connectivity index (χ3n) is 3.89. The largest absolute Gasteiger partial charge is 0.0625 e. The molecule has 0 nitrogen and oxygen atoms in total. The minimum absolute atomic E-state index is 0.405. The topological polar surface area (TPSA) is 0 Å². The molecule has 0 aromatic carbocycles. The van der Waals surface area contributed by atoms with E-state index < -0.39 is 0 Å². The summed E-state index contributed by atoms with van der Waals surface area (Å²) >= 11 is 0. The summed E-state index contributed by atoms with van der Waals surface area (Å²) in [6.45, 7) is 21.4. The van der Waals surface area contributed by atoms with Crippen molar-refractivity contribution in [3.8, 4) is 0 Å². The molecular weight excluding hydrogens is 168 g/mol. The van der Waals surface area contributed by atoms with Crippen LogP contribution in [0.4, 0.5) is 0 Å². The third kappa shape index (κ3) is 3.00. The van der Waals surface area contributed by atoms with Crippen molar-refractivity contribution in [1.29, 1.82) is 0 Å². The van der Waals surface area contributed by atoms with Gasteiger partial charge in [-0.15, -0.1) is 0 Å². The zero-order valence-corrected chi connectivity index (χ0v) is 11.7. The van der Waals surface area contributed by atoms with Crippen LogP contribution in [0.2, 0.25) is 0 Å². The highest BCUT2D eigenvalue weighted by atomic mass is 14.5. The molecule has 0 radical (unpaired) electrons. The van der Waals surface area contributed by atoms with E-state index in [0.29, 0.717) is 10.8 Å². The average molecular weight is 198 g/mol. The second kappa shape index (κ2) is 4.24. The van der Waals surface area contributed by atoms with Crippen LogP contribution in [0.25, 0.3) is 0 Å². The Kier molecular flexibility index (Phi) is 4.24. The van der Waals surface area contributed by atoms with Gasteiger partial charge in [-0.25, -0.2) is 0 Å². The van der Waals surface area contributed by atoms with Crippen LogP contribution in [-0.4, -0.2) is 0 Å². The average Bonchev–Trinajstić information content (AvgIpc) is 1.79. The molecule has 0 saturated carbocycles. The molecule has 86 valence electrons. The summed E-state index contributed by atoms with van der Waals surface area (Å²) in [5.74, 6) is 2.27. The maximum atomic E-state index is 2.42. The molecule has 1 unspecified atom stereocenters. The summed E-state index contributed by atoms with van der Waals surface area (Å²) < 4.78 is 0. The van der Waals surface area contributed by atoms with Crippen LogP contribution >= 0.6 is 0 Å². The van der Waals surface area contributed by atoms with Crippen molar-refractivity contribution in [3.05, 3.63) is 0 Å². The third-order valence-corrected chi connectivity index (χ3v) is 3.89. The van der Waals surface area contributed by atoms with Crippen LogP contribution in [0.3, 0.4) is 0 Å². The van der Waals surface area contributed by atoms with Gasteiger partial charge >= 0.3 is 0 Å². The zero-order valence-electron chi connectivity index (χ0n) is 11.7. The van der Waals surface area contributed by atoms with Crippen LogP contribution < -0.4 is 0 Å². The molecule has 0 fully saturated rings. The molecule has 14 heavy (non-hydrogen) atoms. The quantitative estimate of drug-likeness (QED) is 0.599. The van der Waals surface area contributed by atoms with Crippen molar-refractivity contribution >= 4 is 0 Å². The van der Waals surface area contributed by atoms with E-state index in [-0.39, 0.29) is 0 Å². The molecule has 0 heteroatoms. The number of hydrogen-bond acceptors (Lipinski definition) is 0. The first-order chi connectivity index (χ1) is 6.01. The highest BCUT2D eigenvalue weighted by molar-refractivity contribution is 4.90. The van der Waals surface area contributed by atoms with Crippen molar-refractivity contribution in [3.63, 3.8) is 0 Å². The predicted molar refractivity (Wildman–Crippen MR) is 66.4 cm³/mol. The van der Waals surface area contributed by atoms with Gasteiger partial charge in [-0.1, -0.05) is 62.3 Å². The lowest BCUT2D eigenvalue weighted by Crippen LogP contribution is -2.41. The fourth-order valence-electron chi connectivity index (χ4n) is 3.33. The molecule has 1 atom stereocenters. The van der Waals surface area contributed by atoms with Crippen LogP contribution in [0, 0.1) is 28.6 Å². The van der Waals surface area contributed by atoms with Crippen LogP contribution in [0.5, 0.6) is 0 Å². The Labute approximate surface area is 91.5 Å². The molecule has 0 spiro atoms. The van der Waals surface area contributed by atoms with Crippen molar-refractivity contribution < 1.29 is 0 Å². The molecule has 0 saturated heterocycles. The van der Waals surface area contributed by atoms with Gasteiger partial charge < -0.3 is 0 Å². The fourth-order valence-corrected chi connectivity index (χ4v) is 3.33. The lowest BCUT2D eigenvalue weighted by Gasteiger charge is -2.48. The van der Waals surface area contributed by atoms with Gasteiger partial charge in [-0.3, -0.25) is 0 Å². The van der Waals surface area contributed by atoms with E-state index in [0.717, 1.165) is 17.8 Å². The van der Waals surface area contributed by atoms with Gasteiger partial charge in [0.2, 0.25) is 0 Å². The summed E-state index contributed by atoms with van der Waals surface area (Å²) in [6, 6.07) is 0. The number of hydrogen-bond donors (Lipinski definition) is 0. The summed E-state index contributed by atoms with van der Waals surface area (Å²) in [5.41, 5.74) is 0.828. The molecule has 0 heterocycles. The van der Waals surface area contributed by atoms with Gasteiger partial charge in [0.05, 0.1) is 0 Å². The van der Waals surface area contributed by atoms with Crippen LogP contribution in [0.15, 0.2) is 0 Å². The van der Waals surface area contributed by atoms with Crippen molar-refractivity contribution in [2.75, 3.05) is 0 Å². The summed E-state index contributed by atoms with van der Waals surface area (Å²) in [5, 5.41) is 0. The molecule has 0 aliphatic heterocycles. The SMILES string of the molecule is CC(C)C(C(C)(C)C)C(C)(C)C(C)C. The molecule has 0 aliphatic rings. The molecule has 0 bridgehead atoms. The van der Waals surface area contributed by atoms with E-state index >= 15 is 0 Å². The monoisotopic (exact) mass is 198 g/mol. The van der Waals surface area contributed by atoms with Crippen molar-refractivity contribution in [2.45, 2.75) is 62.3 Å². The van der Waals surface area contributed by atoms with Crippen molar-refractivity contribution in [2.24, 2.45) is 28.6 Å². The molecule has 0 rings (SSSR count). The summed E-state index contributed by atoms with van der Waals surface area (Å²) in [7, 11) is 0. The van der Waals surface area contributed by atoms with Crippen LogP contribution in [-0.2, 0) is 0 Å². The zero-order chi connectivity index (χ0) is 11.7. The smallest absolute Gasteiger partial charge is 0.0288 e. The van der Waals surface area contributed by atoms with Gasteiger partial charge in [0.15, 0.2) is 0 Å². The minimum atomic E-state index is 0.405. The highest BCUT2D eigenvalue weighted by Gasteiger charge is 2.41. The van der Waals surface area contributed by atoms with Gasteiger partial charge in [0, 0.05) is 0 Å². The van der Waals surface area contributed by atoms with E-state index in [1.165, 1.54) is 0 Å². The Morgan fingerprint density at radius 1 is 0.714 bits per heavy atom. The second-order valence-corrected chi connectivity index (χ2v) is 7.06. The normalized spacial score (nSPS) is 16.5. The molecule has 0 aliphatic carbocycles. The molecular formula is C14H30. The predicted octanol–water partition coefficient (Wildman–Crippen LogP) is 4.99. The maximum Gasteiger partial charge on any atom is -0.0288 e. The molecule has 0 amide bonds. The standard InChI is InChI=1S/C14H30/c1-10(2)12(13(5,6)7)14(8,9)11(3)4/h10-12H,1-9H3. The van der Waals surface area contributed by atoms with E-state index in [9.17, 15) is 0 Å². The minimum Gasteiger partial charge on any atom is -0.0625 e. The fraction of sp³-hybridized carbons (Fsp3) is 1.00. The lowest BCUT2D eigenvalue weighted by molar-refractivity contribution is 0.00929. The second-order valence-electron chi connectivity index (χ2n) is 7.06. The molecule has 0 N–H and O–H groups in total. The first kappa shape index (κ1) is 14.0. The first-order valence-electron chi connectivity index (χ1n) is 6.01. The van der Waals surface area contributed by atoms with Gasteiger partial charge in [-0.05, 0) is 28.6 Å².